The van der Waals surface area contributed by atoms with Crippen molar-refractivity contribution >= 4 is 31.5 Å². The summed E-state index contributed by atoms with van der Waals surface area (Å²) >= 11 is 5.89. The number of hydrogen-bond donors (Lipinski definition) is 1. The minimum atomic E-state index is -3.90. The van der Waals surface area contributed by atoms with Gasteiger partial charge >= 0.3 is 0 Å². The van der Waals surface area contributed by atoms with Crippen LogP contribution in [0.3, 0.4) is 0 Å². The third kappa shape index (κ3) is 5.68. The molecule has 1 saturated heterocycles. The van der Waals surface area contributed by atoms with Crippen LogP contribution in [0.4, 0.5) is 0 Å². The molecule has 1 aliphatic rings. The minimum Gasteiger partial charge on any atom is -0.374 e. The van der Waals surface area contributed by atoms with Crippen LogP contribution in [-0.2, 0) is 30.4 Å². The van der Waals surface area contributed by atoms with Gasteiger partial charge in [-0.2, -0.15) is 0 Å². The van der Waals surface area contributed by atoms with E-state index in [9.17, 15) is 16.8 Å². The zero-order chi connectivity index (χ0) is 18.0. The molecule has 136 valence electrons. The zero-order valence-electron chi connectivity index (χ0n) is 13.5. The number of sulfonamides is 1. The lowest BCUT2D eigenvalue weighted by molar-refractivity contribution is -0.0156. The van der Waals surface area contributed by atoms with Gasteiger partial charge in [0, 0.05) is 30.9 Å². The number of sulfone groups is 1. The topological polar surface area (TPSA) is 92.8 Å². The molecule has 1 heterocycles. The van der Waals surface area contributed by atoms with Crippen LogP contribution in [0.5, 0.6) is 0 Å². The highest BCUT2D eigenvalue weighted by molar-refractivity contribution is 7.90. The average molecular weight is 397 g/mol. The van der Waals surface area contributed by atoms with E-state index < -0.39 is 19.9 Å². The van der Waals surface area contributed by atoms with E-state index in [0.29, 0.717) is 13.2 Å². The van der Waals surface area contributed by atoms with E-state index in [1.165, 1.54) is 18.2 Å². The fourth-order valence-corrected chi connectivity index (χ4v) is 4.92. The molecule has 24 heavy (non-hydrogen) atoms. The Bertz CT molecular complexity index is 795. The second-order valence-electron chi connectivity index (χ2n) is 5.93. The van der Waals surface area contributed by atoms with Gasteiger partial charge in [-0.3, -0.25) is 0 Å². The molecule has 1 aromatic rings. The standard InChI is InChI=1S/C14H21ClN2O5S2/c1-17-5-6-22-13(9-17)8-16-24(20,21)14-7-12(15)4-3-11(14)10-23(2,18)19/h3-4,7,13,16H,5-6,8-10H2,1-2H3/t13-/m0/s1. The first-order chi connectivity index (χ1) is 11.1. The summed E-state index contributed by atoms with van der Waals surface area (Å²) in [4.78, 5) is 1.93. The molecule has 0 saturated carbocycles. The third-order valence-corrected chi connectivity index (χ3v) is 6.16. The van der Waals surface area contributed by atoms with Crippen molar-refractivity contribution in [3.63, 3.8) is 0 Å². The second-order valence-corrected chi connectivity index (χ2v) is 10.2. The summed E-state index contributed by atoms with van der Waals surface area (Å²) in [6.07, 6.45) is 0.799. The first kappa shape index (κ1) is 19.6. The number of rotatable bonds is 6. The summed E-state index contributed by atoms with van der Waals surface area (Å²) in [5.41, 5.74) is 0.191. The van der Waals surface area contributed by atoms with Crippen LogP contribution in [0.2, 0.25) is 5.02 Å². The van der Waals surface area contributed by atoms with Crippen LogP contribution in [0.15, 0.2) is 23.1 Å². The Labute approximate surface area is 147 Å². The Morgan fingerprint density at radius 2 is 2.04 bits per heavy atom. The van der Waals surface area contributed by atoms with Crippen molar-refractivity contribution in [1.82, 2.24) is 9.62 Å². The fourth-order valence-electron chi connectivity index (χ4n) is 2.45. The molecule has 7 nitrogen and oxygen atoms in total. The molecule has 0 aromatic heterocycles. The summed E-state index contributed by atoms with van der Waals surface area (Å²) in [6, 6.07) is 4.15. The molecular weight excluding hydrogens is 376 g/mol. The van der Waals surface area contributed by atoms with Crippen LogP contribution >= 0.6 is 11.6 Å². The highest BCUT2D eigenvalue weighted by Crippen LogP contribution is 2.22. The molecule has 0 aliphatic carbocycles. The van der Waals surface area contributed by atoms with Crippen molar-refractivity contribution in [1.29, 1.82) is 0 Å². The SMILES string of the molecule is CN1CCO[C@@H](CNS(=O)(=O)c2cc(Cl)ccc2CS(C)(=O)=O)C1. The number of hydrogen-bond acceptors (Lipinski definition) is 6. The van der Waals surface area contributed by atoms with Crippen molar-refractivity contribution in [2.24, 2.45) is 0 Å². The van der Waals surface area contributed by atoms with Crippen molar-refractivity contribution < 1.29 is 21.6 Å². The van der Waals surface area contributed by atoms with Gasteiger partial charge in [0.1, 0.15) is 0 Å². The Morgan fingerprint density at radius 1 is 1.33 bits per heavy atom. The van der Waals surface area contributed by atoms with Gasteiger partial charge in [0.15, 0.2) is 9.84 Å². The van der Waals surface area contributed by atoms with Crippen LogP contribution in [0.1, 0.15) is 5.56 Å². The predicted octanol–water partition coefficient (Wildman–Crippen LogP) is 0.493. The molecule has 0 amide bonds. The van der Waals surface area contributed by atoms with Gasteiger partial charge < -0.3 is 9.64 Å². The Balaban J connectivity index is 2.20. The molecule has 1 fully saturated rings. The summed E-state index contributed by atoms with van der Waals surface area (Å²) in [6.45, 7) is 2.07. The highest BCUT2D eigenvalue weighted by Gasteiger charge is 2.24. The van der Waals surface area contributed by atoms with Crippen molar-refractivity contribution in [2.45, 2.75) is 16.8 Å². The summed E-state index contributed by atoms with van der Waals surface area (Å²) in [5.74, 6) is -0.372. The van der Waals surface area contributed by atoms with E-state index in [2.05, 4.69) is 9.62 Å². The normalized spacial score (nSPS) is 20.2. The van der Waals surface area contributed by atoms with Crippen LogP contribution in [0, 0.1) is 0 Å². The first-order valence-electron chi connectivity index (χ1n) is 7.33. The number of ether oxygens (including phenoxy) is 1. The molecule has 10 heteroatoms. The number of morpholine rings is 1. The Hall–Kier alpha value is -0.710. The number of halogens is 1. The lowest BCUT2D eigenvalue weighted by atomic mass is 10.2. The van der Waals surface area contributed by atoms with Gasteiger partial charge in [-0.1, -0.05) is 17.7 Å². The molecular formula is C14H21ClN2O5S2. The van der Waals surface area contributed by atoms with Crippen molar-refractivity contribution in [2.75, 3.05) is 39.5 Å². The van der Waals surface area contributed by atoms with E-state index in [4.69, 9.17) is 16.3 Å². The van der Waals surface area contributed by atoms with E-state index in [1.807, 2.05) is 7.05 Å². The van der Waals surface area contributed by atoms with Gasteiger partial charge in [-0.25, -0.2) is 21.6 Å². The summed E-state index contributed by atoms with van der Waals surface area (Å²) in [5, 5.41) is 0.223. The second kappa shape index (κ2) is 7.67. The maximum absolute atomic E-state index is 12.6. The van der Waals surface area contributed by atoms with E-state index in [1.54, 1.807) is 0 Å². The maximum Gasteiger partial charge on any atom is 0.241 e. The first-order valence-corrected chi connectivity index (χ1v) is 11.2. The predicted molar refractivity (Wildman–Crippen MR) is 92.4 cm³/mol. The third-order valence-electron chi connectivity index (χ3n) is 3.58. The van der Waals surface area contributed by atoms with E-state index >= 15 is 0 Å². The molecule has 0 bridgehead atoms. The maximum atomic E-state index is 12.6. The molecule has 1 aromatic carbocycles. The lowest BCUT2D eigenvalue weighted by Gasteiger charge is -2.30. The van der Waals surface area contributed by atoms with Crippen LogP contribution in [-0.4, -0.2) is 67.4 Å². The average Bonchev–Trinajstić information content (AvgIpc) is 2.46. The number of nitrogens with one attached hydrogen (secondary N) is 1. The van der Waals surface area contributed by atoms with Gasteiger partial charge in [0.2, 0.25) is 10.0 Å². The van der Waals surface area contributed by atoms with Crippen molar-refractivity contribution in [3.8, 4) is 0 Å². The molecule has 0 spiro atoms. The van der Waals surface area contributed by atoms with Gasteiger partial charge in [0.05, 0.1) is 23.4 Å². The van der Waals surface area contributed by atoms with Crippen molar-refractivity contribution in [3.05, 3.63) is 28.8 Å². The molecule has 2 rings (SSSR count). The number of likely N-dealkylation sites (N-methyl/N-ethyl adjacent to an activating group) is 1. The van der Waals surface area contributed by atoms with Gasteiger partial charge in [-0.05, 0) is 24.7 Å². The molecule has 1 N–H and O–H groups in total. The van der Waals surface area contributed by atoms with Gasteiger partial charge in [-0.15, -0.1) is 0 Å². The lowest BCUT2D eigenvalue weighted by Crippen LogP contribution is -2.46. The molecule has 0 radical (unpaired) electrons. The van der Waals surface area contributed by atoms with Crippen LogP contribution in [0.25, 0.3) is 0 Å². The van der Waals surface area contributed by atoms with Crippen LogP contribution < -0.4 is 4.72 Å². The van der Waals surface area contributed by atoms with Gasteiger partial charge in [0.25, 0.3) is 0 Å². The molecule has 0 unspecified atom stereocenters. The Morgan fingerprint density at radius 3 is 2.67 bits per heavy atom. The largest absolute Gasteiger partial charge is 0.374 e. The van der Waals surface area contributed by atoms with E-state index in [-0.39, 0.29) is 33.9 Å². The fraction of sp³-hybridized carbons (Fsp3) is 0.571. The molecule has 1 aliphatic heterocycles. The highest BCUT2D eigenvalue weighted by atomic mass is 35.5. The summed E-state index contributed by atoms with van der Waals surface area (Å²) < 4.78 is 56.2. The van der Waals surface area contributed by atoms with E-state index in [0.717, 1.165) is 12.8 Å². The number of benzene rings is 1. The smallest absolute Gasteiger partial charge is 0.241 e. The number of nitrogens with zero attached hydrogens (tertiary/aromatic N) is 1. The Kier molecular flexibility index (Phi) is 6.27. The zero-order valence-corrected chi connectivity index (χ0v) is 15.9. The summed E-state index contributed by atoms with van der Waals surface area (Å²) in [7, 11) is -5.35. The monoisotopic (exact) mass is 396 g/mol. The quantitative estimate of drug-likeness (QED) is 0.752. The molecule has 1 atom stereocenters. The minimum absolute atomic E-state index is 0.109.